The van der Waals surface area contributed by atoms with Gasteiger partial charge in [-0.25, -0.2) is 13.8 Å². The number of carboxylic acids is 1. The van der Waals surface area contributed by atoms with Gasteiger partial charge in [0.25, 0.3) is 0 Å². The van der Waals surface area contributed by atoms with Crippen molar-refractivity contribution in [2.75, 3.05) is 24.6 Å². The van der Waals surface area contributed by atoms with Crippen molar-refractivity contribution in [1.29, 1.82) is 0 Å². The van der Waals surface area contributed by atoms with Crippen molar-refractivity contribution in [3.63, 3.8) is 0 Å². The Hall–Kier alpha value is -4.31. The lowest BCUT2D eigenvalue weighted by molar-refractivity contribution is -0.136. The number of aryl methyl sites for hydroxylation is 1. The average Bonchev–Trinajstić information content (AvgIpc) is 3.37. The molecule has 1 unspecified atom stereocenters. The molecule has 0 spiro atoms. The molecule has 218 valence electrons. The summed E-state index contributed by atoms with van der Waals surface area (Å²) in [5.41, 5.74) is 3.86. The third kappa shape index (κ3) is 5.34. The van der Waals surface area contributed by atoms with Gasteiger partial charge in [0.15, 0.2) is 17.3 Å². The summed E-state index contributed by atoms with van der Waals surface area (Å²) in [5.74, 6) is -1.98. The maximum atomic E-state index is 14.5. The molecule has 10 heteroatoms. The van der Waals surface area contributed by atoms with Crippen LogP contribution in [-0.4, -0.2) is 57.1 Å². The van der Waals surface area contributed by atoms with E-state index in [4.69, 9.17) is 19.6 Å². The van der Waals surface area contributed by atoms with Gasteiger partial charge in [-0.05, 0) is 57.4 Å². The molecule has 1 saturated heterocycles. The smallest absolute Gasteiger partial charge is 0.308 e. The first-order valence-electron chi connectivity index (χ1n) is 14.0. The number of hydrogen-bond acceptors (Lipinski definition) is 6. The van der Waals surface area contributed by atoms with Crippen molar-refractivity contribution >= 4 is 17.4 Å². The van der Waals surface area contributed by atoms with Gasteiger partial charge < -0.3 is 19.5 Å². The predicted octanol–water partition coefficient (Wildman–Crippen LogP) is 5.99. The number of fused-ring (bicyclic) bond motifs is 6. The van der Waals surface area contributed by atoms with Crippen LogP contribution < -0.4 is 9.64 Å². The molecule has 6 bridgehead atoms. The Kier molecular flexibility index (Phi) is 7.18. The normalized spacial score (nSPS) is 21.4. The lowest BCUT2D eigenvalue weighted by atomic mass is 9.93. The third-order valence-electron chi connectivity index (χ3n) is 8.07. The number of benzene rings is 2. The zero-order chi connectivity index (χ0) is 29.6. The number of halogens is 2. The number of carboxylic acid groups (broad SMARTS) is 1. The van der Waals surface area contributed by atoms with Gasteiger partial charge in [0.2, 0.25) is 0 Å². The van der Waals surface area contributed by atoms with Crippen LogP contribution in [-0.2, 0) is 16.0 Å². The lowest BCUT2D eigenvalue weighted by Gasteiger charge is -2.40. The van der Waals surface area contributed by atoms with Crippen LogP contribution >= 0.6 is 0 Å². The Labute approximate surface area is 242 Å². The first-order valence-corrected chi connectivity index (χ1v) is 14.0. The molecular formula is C32H32F2N4O4. The quantitative estimate of drug-likeness (QED) is 0.294. The highest BCUT2D eigenvalue weighted by Gasteiger charge is 2.33. The molecule has 2 aromatic carbocycles. The molecule has 1 atom stereocenters. The summed E-state index contributed by atoms with van der Waals surface area (Å²) in [7, 11) is 0. The maximum Gasteiger partial charge on any atom is 0.308 e. The number of carbonyl (C=O) groups is 1. The van der Waals surface area contributed by atoms with Crippen molar-refractivity contribution in [3.8, 4) is 28.1 Å². The number of rotatable bonds is 2. The number of hydrogen-bond donors (Lipinski definition) is 1. The molecule has 1 fully saturated rings. The Morgan fingerprint density at radius 3 is 2.62 bits per heavy atom. The number of anilines is 1. The third-order valence-corrected chi connectivity index (χ3v) is 8.07. The Balaban J connectivity index is 1.54. The van der Waals surface area contributed by atoms with Crippen molar-refractivity contribution in [2.45, 2.75) is 51.7 Å². The summed E-state index contributed by atoms with van der Waals surface area (Å²) in [6, 6.07) is 11.4. The van der Waals surface area contributed by atoms with E-state index in [0.29, 0.717) is 59.2 Å². The second-order valence-electron chi connectivity index (χ2n) is 11.2. The van der Waals surface area contributed by atoms with E-state index in [9.17, 15) is 18.7 Å². The summed E-state index contributed by atoms with van der Waals surface area (Å²) >= 11 is 0. The summed E-state index contributed by atoms with van der Waals surface area (Å²) in [4.78, 5) is 18.8. The molecule has 1 N–H and O–H groups in total. The summed E-state index contributed by atoms with van der Waals surface area (Å²) in [5, 5.41) is 14.6. The summed E-state index contributed by atoms with van der Waals surface area (Å²) in [6.45, 7) is 7.41. The van der Waals surface area contributed by atoms with E-state index >= 15 is 0 Å². The minimum atomic E-state index is -0.993. The number of piperidine rings is 1. The fourth-order valence-corrected chi connectivity index (χ4v) is 5.73. The van der Waals surface area contributed by atoms with Gasteiger partial charge in [-0.3, -0.25) is 4.79 Å². The molecule has 3 aliphatic heterocycles. The molecule has 0 saturated carbocycles. The average molecular weight is 575 g/mol. The number of aromatic nitrogens is 3. The van der Waals surface area contributed by atoms with E-state index in [-0.39, 0.29) is 17.8 Å². The van der Waals surface area contributed by atoms with Gasteiger partial charge in [-0.2, -0.15) is 9.61 Å². The Morgan fingerprint density at radius 2 is 1.86 bits per heavy atom. The molecule has 7 rings (SSSR count). The molecule has 0 amide bonds. The van der Waals surface area contributed by atoms with Gasteiger partial charge in [-0.15, -0.1) is 0 Å². The number of aliphatic carboxylic acids is 1. The topological polar surface area (TPSA) is 89.2 Å². The van der Waals surface area contributed by atoms with Crippen molar-refractivity contribution in [1.82, 2.24) is 14.6 Å². The van der Waals surface area contributed by atoms with Gasteiger partial charge >= 0.3 is 5.97 Å². The first-order chi connectivity index (χ1) is 20.1. The van der Waals surface area contributed by atoms with Crippen LogP contribution in [0.5, 0.6) is 5.75 Å². The van der Waals surface area contributed by atoms with Gasteiger partial charge in [0.05, 0.1) is 24.3 Å². The molecule has 3 aliphatic rings. The predicted molar refractivity (Wildman–Crippen MR) is 155 cm³/mol. The van der Waals surface area contributed by atoms with Gasteiger partial charge in [-0.1, -0.05) is 24.3 Å². The molecular weight excluding hydrogens is 542 g/mol. The standard InChI is InChI=1S/C32H32F2N4O4/c1-19-6-5-13-41-32(3)9-11-37(12-10-32)31-23(16-30(39)40)20(2)35-29-18-27(36-38(29)31)22-8-4-7-21(14-22)24-15-25(33)26(34)17-28(24)42-19/h4-8,14-15,17-19H,9-13,16H2,1-3H3,(H,39,40)/b6-5+. The monoisotopic (exact) mass is 574 g/mol. The van der Waals surface area contributed by atoms with E-state index in [2.05, 4.69) is 11.8 Å². The zero-order valence-electron chi connectivity index (χ0n) is 23.7. The molecule has 5 heterocycles. The highest BCUT2D eigenvalue weighted by molar-refractivity contribution is 5.78. The molecule has 8 nitrogen and oxygen atoms in total. The minimum absolute atomic E-state index is 0.180. The summed E-state index contributed by atoms with van der Waals surface area (Å²) in [6.07, 6.45) is 4.58. The SMILES string of the molecule is Cc1nc2cc3nn2c(c1CC(=O)O)N1CCC(C)(CC1)OC/C=C/C(C)Oc1cc(F)c(F)cc1-c1cccc-3c1. The molecule has 42 heavy (non-hydrogen) atoms. The second-order valence-corrected chi connectivity index (χ2v) is 11.2. The van der Waals surface area contributed by atoms with Crippen LogP contribution in [0.2, 0.25) is 0 Å². The Bertz CT molecular complexity index is 1710. The van der Waals surface area contributed by atoms with Crippen LogP contribution in [0.15, 0.2) is 54.6 Å². The van der Waals surface area contributed by atoms with E-state index < -0.39 is 23.7 Å². The van der Waals surface area contributed by atoms with Crippen LogP contribution in [0.1, 0.15) is 37.9 Å². The van der Waals surface area contributed by atoms with E-state index in [1.165, 1.54) is 0 Å². The number of ether oxygens (including phenoxy) is 2. The number of nitrogens with zero attached hydrogens (tertiary/aromatic N) is 4. The van der Waals surface area contributed by atoms with Crippen LogP contribution in [0.3, 0.4) is 0 Å². The van der Waals surface area contributed by atoms with Gasteiger partial charge in [0, 0.05) is 47.6 Å². The van der Waals surface area contributed by atoms with Crippen LogP contribution in [0, 0.1) is 18.6 Å². The zero-order valence-corrected chi connectivity index (χ0v) is 23.7. The molecule has 0 radical (unpaired) electrons. The molecule has 2 aromatic heterocycles. The van der Waals surface area contributed by atoms with Crippen molar-refractivity contribution < 1.29 is 28.2 Å². The highest BCUT2D eigenvalue weighted by Crippen LogP contribution is 2.37. The van der Waals surface area contributed by atoms with E-state index in [1.807, 2.05) is 50.3 Å². The van der Waals surface area contributed by atoms with Crippen molar-refractivity contribution in [2.24, 2.45) is 0 Å². The van der Waals surface area contributed by atoms with Gasteiger partial charge in [0.1, 0.15) is 17.7 Å². The minimum Gasteiger partial charge on any atom is -0.486 e. The van der Waals surface area contributed by atoms with Crippen LogP contribution in [0.4, 0.5) is 14.6 Å². The molecule has 4 aromatic rings. The largest absolute Gasteiger partial charge is 0.486 e. The highest BCUT2D eigenvalue weighted by atomic mass is 19.2. The van der Waals surface area contributed by atoms with Crippen molar-refractivity contribution in [3.05, 3.63) is 77.5 Å². The summed E-state index contributed by atoms with van der Waals surface area (Å²) < 4.78 is 42.9. The van der Waals surface area contributed by atoms with Crippen LogP contribution in [0.25, 0.3) is 28.0 Å². The maximum absolute atomic E-state index is 14.5. The fourth-order valence-electron chi connectivity index (χ4n) is 5.73. The fraction of sp³-hybridized carbons (Fsp3) is 0.344. The van der Waals surface area contributed by atoms with E-state index in [0.717, 1.165) is 30.5 Å². The first kappa shape index (κ1) is 27.8. The molecule has 0 aliphatic carbocycles. The van der Waals surface area contributed by atoms with E-state index in [1.54, 1.807) is 10.6 Å². The Morgan fingerprint density at radius 1 is 1.12 bits per heavy atom. The lowest BCUT2D eigenvalue weighted by Crippen LogP contribution is -2.45. The second kappa shape index (κ2) is 10.8.